The second kappa shape index (κ2) is 5.06. The maximum Gasteiger partial charge on any atom is 0.134 e. The number of fused-ring (bicyclic) bond motifs is 1. The van der Waals surface area contributed by atoms with Crippen LogP contribution < -0.4 is 4.74 Å². The van der Waals surface area contributed by atoms with Crippen molar-refractivity contribution < 1.29 is 9.84 Å². The van der Waals surface area contributed by atoms with Crippen LogP contribution in [0.5, 0.6) is 11.5 Å². The largest absolute Gasteiger partial charge is 0.506 e. The molecule has 4 atom stereocenters. The van der Waals surface area contributed by atoms with Gasteiger partial charge in [0, 0.05) is 16.9 Å². The summed E-state index contributed by atoms with van der Waals surface area (Å²) in [4.78, 5) is 0. The van der Waals surface area contributed by atoms with Crippen molar-refractivity contribution in [2.45, 2.75) is 71.8 Å². The Bertz CT molecular complexity index is 683. The topological polar surface area (TPSA) is 29.5 Å². The smallest absolute Gasteiger partial charge is 0.134 e. The van der Waals surface area contributed by atoms with Crippen molar-refractivity contribution in [3.8, 4) is 11.5 Å². The van der Waals surface area contributed by atoms with Gasteiger partial charge in [-0.25, -0.2) is 0 Å². The van der Waals surface area contributed by atoms with Crippen LogP contribution in [0.3, 0.4) is 0 Å². The van der Waals surface area contributed by atoms with E-state index in [1.54, 1.807) is 6.07 Å². The fraction of sp³-hybridized carbons (Fsp3) is 0.714. The first-order valence-corrected chi connectivity index (χ1v) is 9.78. The molecule has 1 heterocycles. The lowest BCUT2D eigenvalue weighted by atomic mass is 9.44. The van der Waals surface area contributed by atoms with Gasteiger partial charge in [0.1, 0.15) is 17.1 Å². The van der Waals surface area contributed by atoms with E-state index in [0.717, 1.165) is 24.2 Å². The summed E-state index contributed by atoms with van der Waals surface area (Å²) in [6, 6.07) is 3.60. The van der Waals surface area contributed by atoms with Crippen molar-refractivity contribution >= 4 is 11.6 Å². The van der Waals surface area contributed by atoms with Gasteiger partial charge in [0.25, 0.3) is 0 Å². The molecule has 0 aromatic heterocycles. The van der Waals surface area contributed by atoms with Gasteiger partial charge in [0.2, 0.25) is 0 Å². The lowest BCUT2D eigenvalue weighted by Gasteiger charge is -2.66. The van der Waals surface area contributed by atoms with Gasteiger partial charge in [-0.1, -0.05) is 39.3 Å². The lowest BCUT2D eigenvalue weighted by molar-refractivity contribution is -0.210. The molecule has 0 bridgehead atoms. The van der Waals surface area contributed by atoms with Crippen molar-refractivity contribution in [1.29, 1.82) is 0 Å². The van der Waals surface area contributed by atoms with Gasteiger partial charge < -0.3 is 9.84 Å². The zero-order chi connectivity index (χ0) is 17.3. The molecular formula is C21H29ClO2. The summed E-state index contributed by atoms with van der Waals surface area (Å²) in [6.07, 6.45) is 7.07. The molecule has 0 saturated heterocycles. The van der Waals surface area contributed by atoms with Crippen LogP contribution in [0.15, 0.2) is 12.1 Å². The monoisotopic (exact) mass is 348 g/mol. The molecule has 2 fully saturated rings. The number of ether oxygens (including phenoxy) is 1. The number of hydrogen-bond donors (Lipinski definition) is 1. The van der Waals surface area contributed by atoms with Crippen LogP contribution in [0.25, 0.3) is 0 Å². The minimum absolute atomic E-state index is 0.0675. The Morgan fingerprint density at radius 2 is 1.92 bits per heavy atom. The van der Waals surface area contributed by atoms with E-state index in [2.05, 4.69) is 27.7 Å². The summed E-state index contributed by atoms with van der Waals surface area (Å²) in [6.45, 7) is 9.65. The van der Waals surface area contributed by atoms with Crippen LogP contribution in [0.1, 0.15) is 65.4 Å². The Labute approximate surface area is 150 Å². The van der Waals surface area contributed by atoms with Crippen LogP contribution in [0, 0.1) is 22.7 Å². The zero-order valence-electron chi connectivity index (χ0n) is 15.3. The Morgan fingerprint density at radius 1 is 1.17 bits per heavy atom. The molecule has 2 nitrogen and oxygen atoms in total. The Kier molecular flexibility index (Phi) is 3.50. The zero-order valence-corrected chi connectivity index (χ0v) is 16.0. The van der Waals surface area contributed by atoms with Crippen molar-refractivity contribution in [1.82, 2.24) is 0 Å². The molecule has 4 rings (SSSR count). The summed E-state index contributed by atoms with van der Waals surface area (Å²) in [5, 5.41) is 10.5. The minimum atomic E-state index is -0.0975. The van der Waals surface area contributed by atoms with Crippen molar-refractivity contribution in [2.24, 2.45) is 22.7 Å². The van der Waals surface area contributed by atoms with E-state index in [1.165, 1.54) is 25.7 Å². The second-order valence-corrected chi connectivity index (χ2v) is 9.71. The van der Waals surface area contributed by atoms with Gasteiger partial charge in [-0.3, -0.25) is 0 Å². The van der Waals surface area contributed by atoms with Gasteiger partial charge in [0.05, 0.1) is 5.02 Å². The molecule has 24 heavy (non-hydrogen) atoms. The highest BCUT2D eigenvalue weighted by Gasteiger charge is 2.65. The molecule has 1 N–H and O–H groups in total. The third-order valence-electron chi connectivity index (χ3n) is 7.83. The summed E-state index contributed by atoms with van der Waals surface area (Å²) >= 11 is 6.45. The van der Waals surface area contributed by atoms with E-state index in [9.17, 15) is 5.11 Å². The molecule has 3 aliphatic rings. The maximum absolute atomic E-state index is 10.0. The molecule has 1 aromatic carbocycles. The standard InChI is InChI=1S/C21H29ClO2/c1-13-6-9-17-19(2,3)10-5-11-21(17)20(13,4)12-14-16(24-21)8-7-15(23)18(14)22/h7-8,13,17,23H,5-6,9-12H2,1-4H3/t13-,17-,20+,21-/m0/s1. The molecule has 2 saturated carbocycles. The van der Waals surface area contributed by atoms with E-state index < -0.39 is 0 Å². The summed E-state index contributed by atoms with van der Waals surface area (Å²) in [5.41, 5.74) is 1.29. The molecule has 0 radical (unpaired) electrons. The van der Waals surface area contributed by atoms with Crippen LogP contribution in [0.2, 0.25) is 5.02 Å². The van der Waals surface area contributed by atoms with Gasteiger partial charge in [-0.05, 0) is 62.0 Å². The van der Waals surface area contributed by atoms with E-state index >= 15 is 0 Å². The highest BCUT2D eigenvalue weighted by Crippen LogP contribution is 2.66. The van der Waals surface area contributed by atoms with E-state index in [1.807, 2.05) is 6.07 Å². The van der Waals surface area contributed by atoms with Crippen LogP contribution in [-0.4, -0.2) is 10.7 Å². The number of halogens is 1. The third-order valence-corrected chi connectivity index (χ3v) is 8.26. The highest BCUT2D eigenvalue weighted by molar-refractivity contribution is 6.33. The van der Waals surface area contributed by atoms with Gasteiger partial charge in [-0.2, -0.15) is 0 Å². The Balaban J connectivity index is 1.91. The third kappa shape index (κ3) is 1.95. The number of phenols is 1. The number of hydrogen-bond acceptors (Lipinski definition) is 2. The predicted molar refractivity (Wildman–Crippen MR) is 97.8 cm³/mol. The molecule has 3 heteroatoms. The van der Waals surface area contributed by atoms with Crippen molar-refractivity contribution in [3.63, 3.8) is 0 Å². The van der Waals surface area contributed by atoms with Crippen molar-refractivity contribution in [2.75, 3.05) is 0 Å². The molecule has 2 aliphatic carbocycles. The Hall–Kier alpha value is -0.890. The maximum atomic E-state index is 10.0. The van der Waals surface area contributed by atoms with Crippen molar-refractivity contribution in [3.05, 3.63) is 22.7 Å². The van der Waals surface area contributed by atoms with Gasteiger partial charge >= 0.3 is 0 Å². The number of benzene rings is 1. The Morgan fingerprint density at radius 3 is 2.67 bits per heavy atom. The summed E-state index contributed by atoms with van der Waals surface area (Å²) < 4.78 is 6.88. The lowest BCUT2D eigenvalue weighted by Crippen LogP contribution is -2.68. The predicted octanol–water partition coefficient (Wildman–Crippen LogP) is 5.98. The SMILES string of the molecule is C[C@H]1CC[C@H]2C(C)(C)CCC[C@]23Oc2ccc(O)c(Cl)c2C[C@]13C. The number of phenolic OH excluding ortho intramolecular Hbond substituents is 1. The molecule has 0 unspecified atom stereocenters. The quantitative estimate of drug-likeness (QED) is 0.624. The first-order valence-electron chi connectivity index (χ1n) is 9.41. The first kappa shape index (κ1) is 16.6. The summed E-state index contributed by atoms with van der Waals surface area (Å²) in [7, 11) is 0. The molecule has 132 valence electrons. The second-order valence-electron chi connectivity index (χ2n) is 9.33. The molecule has 1 aromatic rings. The van der Waals surface area contributed by atoms with Gasteiger partial charge in [-0.15, -0.1) is 0 Å². The minimum Gasteiger partial charge on any atom is -0.506 e. The van der Waals surface area contributed by atoms with E-state index in [4.69, 9.17) is 16.3 Å². The first-order chi connectivity index (χ1) is 11.2. The molecular weight excluding hydrogens is 320 g/mol. The number of rotatable bonds is 0. The average molecular weight is 349 g/mol. The van der Waals surface area contributed by atoms with E-state index in [-0.39, 0.29) is 16.8 Å². The van der Waals surface area contributed by atoms with Gasteiger partial charge in [0.15, 0.2) is 0 Å². The highest BCUT2D eigenvalue weighted by atomic mass is 35.5. The number of aromatic hydroxyl groups is 1. The summed E-state index contributed by atoms with van der Waals surface area (Å²) in [5.74, 6) is 2.24. The normalized spacial score (nSPS) is 40.0. The van der Waals surface area contributed by atoms with Crippen LogP contribution in [-0.2, 0) is 6.42 Å². The van der Waals surface area contributed by atoms with Crippen LogP contribution in [0.4, 0.5) is 0 Å². The van der Waals surface area contributed by atoms with Crippen LogP contribution >= 0.6 is 11.6 Å². The molecule has 1 aliphatic heterocycles. The molecule has 0 amide bonds. The van der Waals surface area contributed by atoms with E-state index in [0.29, 0.717) is 22.3 Å². The fourth-order valence-electron chi connectivity index (χ4n) is 6.22. The molecule has 1 spiro atoms. The fourth-order valence-corrected chi connectivity index (χ4v) is 6.45. The average Bonchev–Trinajstić information content (AvgIpc) is 2.51.